The number of hydrogen-bond donors (Lipinski definition) is 3. The second-order valence-corrected chi connectivity index (χ2v) is 5.87. The van der Waals surface area contributed by atoms with Crippen molar-refractivity contribution >= 4 is 16.0 Å². The van der Waals surface area contributed by atoms with E-state index in [1.54, 1.807) is 6.92 Å². The number of rotatable bonds is 10. The average Bonchev–Trinajstić information content (AvgIpc) is 2.27. The average molecular weight is 282 g/mol. The maximum absolute atomic E-state index is 11.5. The van der Waals surface area contributed by atoms with E-state index in [0.717, 1.165) is 0 Å². The molecule has 0 heterocycles. The molecule has 108 valence electrons. The minimum Gasteiger partial charge on any atom is -0.469 e. The minimum atomic E-state index is -3.35. The summed E-state index contributed by atoms with van der Waals surface area (Å²) in [6.45, 7) is 2.77. The Hall–Kier alpha value is -0.700. The highest BCUT2D eigenvalue weighted by Gasteiger charge is 2.10. The maximum atomic E-state index is 11.5. The molecule has 3 N–H and O–H groups in total. The Morgan fingerprint density at radius 2 is 2.06 bits per heavy atom. The van der Waals surface area contributed by atoms with Gasteiger partial charge in [0.05, 0.1) is 19.0 Å². The molecule has 0 saturated heterocycles. The van der Waals surface area contributed by atoms with E-state index >= 15 is 0 Å². The first-order valence-corrected chi connectivity index (χ1v) is 7.45. The number of nitrogens with one attached hydrogen (secondary N) is 2. The number of carbonyl (C=O) groups is 1. The first-order chi connectivity index (χ1) is 8.37. The summed E-state index contributed by atoms with van der Waals surface area (Å²) in [7, 11) is -2.08. The Morgan fingerprint density at radius 3 is 2.61 bits per heavy atom. The molecule has 0 aliphatic carbocycles. The van der Waals surface area contributed by atoms with Crippen LogP contribution in [0.1, 0.15) is 19.8 Å². The van der Waals surface area contributed by atoms with Crippen LogP contribution in [-0.4, -0.2) is 58.1 Å². The first-order valence-electron chi connectivity index (χ1n) is 5.80. The summed E-state index contributed by atoms with van der Waals surface area (Å²) in [6.07, 6.45) is -0.123. The van der Waals surface area contributed by atoms with E-state index in [2.05, 4.69) is 14.8 Å². The van der Waals surface area contributed by atoms with Crippen LogP contribution in [0.2, 0.25) is 0 Å². The SMILES string of the molecule is COC(=O)CCCS(=O)(=O)NCCNCC(C)O. The molecule has 0 bridgehead atoms. The predicted octanol–water partition coefficient (Wildman–Crippen LogP) is -1.17. The van der Waals surface area contributed by atoms with Crippen LogP contribution in [0, 0.1) is 0 Å². The molecule has 0 radical (unpaired) electrons. The Balaban J connectivity index is 3.64. The third-order valence-corrected chi connectivity index (χ3v) is 3.56. The zero-order valence-electron chi connectivity index (χ0n) is 10.8. The second-order valence-electron chi connectivity index (χ2n) is 3.95. The van der Waals surface area contributed by atoms with Gasteiger partial charge in [0.1, 0.15) is 0 Å². The molecule has 18 heavy (non-hydrogen) atoms. The Morgan fingerprint density at radius 1 is 1.39 bits per heavy atom. The molecular formula is C10H22N2O5S. The van der Waals surface area contributed by atoms with Gasteiger partial charge in [-0.15, -0.1) is 0 Å². The van der Waals surface area contributed by atoms with Gasteiger partial charge in [0, 0.05) is 26.1 Å². The molecule has 1 unspecified atom stereocenters. The summed E-state index contributed by atoms with van der Waals surface area (Å²) in [5.74, 6) is -0.512. The van der Waals surface area contributed by atoms with Crippen molar-refractivity contribution in [1.29, 1.82) is 0 Å². The van der Waals surface area contributed by atoms with Gasteiger partial charge < -0.3 is 15.2 Å². The third-order valence-electron chi connectivity index (χ3n) is 2.09. The van der Waals surface area contributed by atoms with Crippen LogP contribution in [0.4, 0.5) is 0 Å². The molecular weight excluding hydrogens is 260 g/mol. The van der Waals surface area contributed by atoms with Crippen molar-refractivity contribution in [3.63, 3.8) is 0 Å². The fraction of sp³-hybridized carbons (Fsp3) is 0.900. The summed E-state index contributed by atoms with van der Waals surface area (Å²) in [5.41, 5.74) is 0. The number of carbonyl (C=O) groups excluding carboxylic acids is 1. The summed E-state index contributed by atoms with van der Waals surface area (Å²) in [6, 6.07) is 0. The van der Waals surface area contributed by atoms with Gasteiger partial charge in [-0.2, -0.15) is 0 Å². The molecule has 0 aromatic rings. The van der Waals surface area contributed by atoms with Gasteiger partial charge in [0.2, 0.25) is 10.0 Å². The standard InChI is InChI=1S/C10H22N2O5S/c1-9(13)8-11-5-6-12-18(15,16)7-3-4-10(14)17-2/h9,11-13H,3-8H2,1-2H3. The third kappa shape index (κ3) is 10.5. The van der Waals surface area contributed by atoms with Gasteiger partial charge in [-0.05, 0) is 13.3 Å². The molecule has 0 aromatic carbocycles. The smallest absolute Gasteiger partial charge is 0.305 e. The van der Waals surface area contributed by atoms with E-state index in [1.165, 1.54) is 7.11 Å². The van der Waals surface area contributed by atoms with Crippen LogP contribution >= 0.6 is 0 Å². The van der Waals surface area contributed by atoms with Crippen LogP contribution in [0.3, 0.4) is 0 Å². The largest absolute Gasteiger partial charge is 0.469 e. The van der Waals surface area contributed by atoms with Crippen LogP contribution in [0.5, 0.6) is 0 Å². The molecule has 7 nitrogen and oxygen atoms in total. The van der Waals surface area contributed by atoms with Crippen LogP contribution < -0.4 is 10.0 Å². The highest BCUT2D eigenvalue weighted by molar-refractivity contribution is 7.89. The molecule has 0 fully saturated rings. The Bertz CT molecular complexity index is 329. The monoisotopic (exact) mass is 282 g/mol. The number of hydrogen-bond acceptors (Lipinski definition) is 6. The van der Waals surface area contributed by atoms with E-state index < -0.39 is 22.1 Å². The lowest BCUT2D eigenvalue weighted by molar-refractivity contribution is -0.140. The fourth-order valence-electron chi connectivity index (χ4n) is 1.19. The van der Waals surface area contributed by atoms with Crippen molar-refractivity contribution in [2.24, 2.45) is 0 Å². The zero-order valence-corrected chi connectivity index (χ0v) is 11.6. The molecule has 0 spiro atoms. The highest BCUT2D eigenvalue weighted by Crippen LogP contribution is 1.96. The number of esters is 1. The lowest BCUT2D eigenvalue weighted by atomic mass is 10.3. The van der Waals surface area contributed by atoms with Crippen molar-refractivity contribution in [3.8, 4) is 0 Å². The lowest BCUT2D eigenvalue weighted by Crippen LogP contribution is -2.35. The highest BCUT2D eigenvalue weighted by atomic mass is 32.2. The molecule has 0 saturated carbocycles. The van der Waals surface area contributed by atoms with Crippen LogP contribution in [-0.2, 0) is 19.6 Å². The van der Waals surface area contributed by atoms with Crippen molar-refractivity contribution in [2.75, 3.05) is 32.5 Å². The molecule has 0 amide bonds. The second kappa shape index (κ2) is 9.26. The van der Waals surface area contributed by atoms with Crippen molar-refractivity contribution in [2.45, 2.75) is 25.9 Å². The molecule has 0 rings (SSSR count). The van der Waals surface area contributed by atoms with Gasteiger partial charge in [-0.1, -0.05) is 0 Å². The molecule has 0 aliphatic rings. The van der Waals surface area contributed by atoms with Gasteiger partial charge in [-0.25, -0.2) is 13.1 Å². The Kier molecular flexibility index (Phi) is 8.90. The summed E-state index contributed by atoms with van der Waals surface area (Å²) in [4.78, 5) is 10.8. The van der Waals surface area contributed by atoms with Crippen LogP contribution in [0.25, 0.3) is 0 Å². The molecule has 0 aromatic heterocycles. The Labute approximate surface area is 108 Å². The number of methoxy groups -OCH3 is 1. The lowest BCUT2D eigenvalue weighted by Gasteiger charge is -2.08. The molecule has 1 atom stereocenters. The minimum absolute atomic E-state index is 0.0949. The summed E-state index contributed by atoms with van der Waals surface area (Å²) >= 11 is 0. The topological polar surface area (TPSA) is 105 Å². The summed E-state index contributed by atoms with van der Waals surface area (Å²) < 4.78 is 29.7. The molecule has 0 aliphatic heterocycles. The zero-order chi connectivity index (χ0) is 14.0. The van der Waals surface area contributed by atoms with E-state index in [4.69, 9.17) is 5.11 Å². The van der Waals surface area contributed by atoms with Crippen LogP contribution in [0.15, 0.2) is 0 Å². The van der Waals surface area contributed by atoms with Gasteiger partial charge in [0.25, 0.3) is 0 Å². The van der Waals surface area contributed by atoms with E-state index in [9.17, 15) is 13.2 Å². The maximum Gasteiger partial charge on any atom is 0.305 e. The first kappa shape index (κ1) is 17.3. The predicted molar refractivity (Wildman–Crippen MR) is 67.6 cm³/mol. The fourth-order valence-corrected chi connectivity index (χ4v) is 2.27. The molecule has 8 heteroatoms. The quantitative estimate of drug-likeness (QED) is 0.344. The van der Waals surface area contributed by atoms with Crippen molar-refractivity contribution < 1.29 is 23.1 Å². The van der Waals surface area contributed by atoms with Gasteiger partial charge >= 0.3 is 5.97 Å². The van der Waals surface area contributed by atoms with E-state index in [1.807, 2.05) is 0 Å². The number of ether oxygens (including phenoxy) is 1. The van der Waals surface area contributed by atoms with E-state index in [-0.39, 0.29) is 25.1 Å². The summed E-state index contributed by atoms with van der Waals surface area (Å²) in [5, 5.41) is 11.8. The van der Waals surface area contributed by atoms with Crippen molar-refractivity contribution in [3.05, 3.63) is 0 Å². The number of aliphatic hydroxyl groups excluding tert-OH is 1. The number of sulfonamides is 1. The number of aliphatic hydroxyl groups is 1. The van der Waals surface area contributed by atoms with E-state index in [0.29, 0.717) is 13.1 Å². The van der Waals surface area contributed by atoms with Gasteiger partial charge in [0.15, 0.2) is 0 Å². The van der Waals surface area contributed by atoms with Gasteiger partial charge in [-0.3, -0.25) is 4.79 Å². The normalized spacial score (nSPS) is 13.3. The van der Waals surface area contributed by atoms with Crippen molar-refractivity contribution in [1.82, 2.24) is 10.0 Å².